The molecule has 0 spiro atoms. The molecule has 0 saturated heterocycles. The van der Waals surface area contributed by atoms with E-state index in [0.717, 1.165) is 0 Å². The fourth-order valence-electron chi connectivity index (χ4n) is 1.50. The van der Waals surface area contributed by atoms with Gasteiger partial charge in [0.1, 0.15) is 12.1 Å². The lowest BCUT2D eigenvalue weighted by molar-refractivity contribution is -0.142. The molecule has 1 rings (SSSR count). The van der Waals surface area contributed by atoms with Crippen LogP contribution >= 0.6 is 0 Å². The van der Waals surface area contributed by atoms with Crippen LogP contribution in [0.5, 0.6) is 0 Å². The molecule has 1 unspecified atom stereocenters. The van der Waals surface area contributed by atoms with E-state index in [4.69, 9.17) is 10.00 Å². The predicted molar refractivity (Wildman–Crippen MR) is 65.4 cm³/mol. The summed E-state index contributed by atoms with van der Waals surface area (Å²) in [5.74, 6) is -0.248. The molecule has 0 aliphatic rings. The number of rotatable bonds is 4. The van der Waals surface area contributed by atoms with Crippen LogP contribution in [0.3, 0.4) is 0 Å². The zero-order chi connectivity index (χ0) is 12.8. The summed E-state index contributed by atoms with van der Waals surface area (Å²) >= 11 is 0. The summed E-state index contributed by atoms with van der Waals surface area (Å²) in [6, 6.07) is 8.71. The molecule has 0 fully saturated rings. The summed E-state index contributed by atoms with van der Waals surface area (Å²) in [5, 5.41) is 12.0. The number of nitrogens with one attached hydrogen (secondary N) is 1. The number of esters is 1. The Labute approximate surface area is 101 Å². The summed E-state index contributed by atoms with van der Waals surface area (Å²) in [6.45, 7) is 3.84. The normalized spacial score (nSPS) is 11.7. The molecule has 0 aromatic heterocycles. The minimum Gasteiger partial charge on any atom is -0.467 e. The molecule has 0 heterocycles. The molecule has 1 aromatic carbocycles. The van der Waals surface area contributed by atoms with Crippen molar-refractivity contribution in [1.82, 2.24) is 0 Å². The highest BCUT2D eigenvalue weighted by molar-refractivity contribution is 5.80. The van der Waals surface area contributed by atoms with Gasteiger partial charge in [0.2, 0.25) is 0 Å². The molecule has 0 radical (unpaired) electrons. The van der Waals surface area contributed by atoms with Gasteiger partial charge in [-0.15, -0.1) is 0 Å². The van der Waals surface area contributed by atoms with Crippen molar-refractivity contribution in [3.8, 4) is 6.07 Å². The number of hydrogen-bond donors (Lipinski definition) is 1. The van der Waals surface area contributed by atoms with E-state index in [-0.39, 0.29) is 11.9 Å². The van der Waals surface area contributed by atoms with Gasteiger partial charge >= 0.3 is 5.97 Å². The molecule has 0 bridgehead atoms. The molecule has 4 nitrogen and oxygen atoms in total. The van der Waals surface area contributed by atoms with Crippen LogP contribution in [0.15, 0.2) is 24.3 Å². The van der Waals surface area contributed by atoms with Crippen molar-refractivity contribution in [1.29, 1.82) is 5.26 Å². The van der Waals surface area contributed by atoms with E-state index in [1.165, 1.54) is 7.11 Å². The lowest BCUT2D eigenvalue weighted by Crippen LogP contribution is -2.35. The van der Waals surface area contributed by atoms with Crippen LogP contribution in [0.4, 0.5) is 5.69 Å². The number of carbonyl (C=O) groups is 1. The maximum absolute atomic E-state index is 11.6. The first-order valence-electron chi connectivity index (χ1n) is 5.43. The summed E-state index contributed by atoms with van der Waals surface area (Å²) in [4.78, 5) is 11.6. The van der Waals surface area contributed by atoms with Crippen molar-refractivity contribution >= 4 is 11.7 Å². The highest BCUT2D eigenvalue weighted by Gasteiger charge is 2.23. The molecule has 1 atom stereocenters. The third kappa shape index (κ3) is 3.22. The van der Waals surface area contributed by atoms with Crippen LogP contribution in [0.1, 0.15) is 19.4 Å². The Morgan fingerprint density at radius 3 is 2.59 bits per heavy atom. The van der Waals surface area contributed by atoms with Gasteiger partial charge in [-0.1, -0.05) is 26.0 Å². The van der Waals surface area contributed by atoms with E-state index in [1.807, 2.05) is 19.9 Å². The number of para-hydroxylation sites is 1. The minimum absolute atomic E-state index is 0.0780. The molecular weight excluding hydrogens is 216 g/mol. The lowest BCUT2D eigenvalue weighted by Gasteiger charge is -2.21. The summed E-state index contributed by atoms with van der Waals surface area (Å²) in [7, 11) is 1.36. The van der Waals surface area contributed by atoms with Gasteiger partial charge < -0.3 is 10.1 Å². The lowest BCUT2D eigenvalue weighted by atomic mass is 10.0. The molecule has 1 N–H and O–H groups in total. The number of methoxy groups -OCH3 is 1. The van der Waals surface area contributed by atoms with Crippen molar-refractivity contribution < 1.29 is 9.53 Å². The number of nitriles is 1. The molecule has 0 amide bonds. The van der Waals surface area contributed by atoms with Gasteiger partial charge in [0.15, 0.2) is 0 Å². The average molecular weight is 232 g/mol. The van der Waals surface area contributed by atoms with Gasteiger partial charge in [-0.2, -0.15) is 5.26 Å². The Morgan fingerprint density at radius 2 is 2.06 bits per heavy atom. The monoisotopic (exact) mass is 232 g/mol. The number of hydrogen-bond acceptors (Lipinski definition) is 4. The summed E-state index contributed by atoms with van der Waals surface area (Å²) in [5.41, 5.74) is 1.17. The molecule has 0 saturated carbocycles. The maximum atomic E-state index is 11.6. The van der Waals surface area contributed by atoms with Gasteiger partial charge in [0.05, 0.1) is 18.4 Å². The van der Waals surface area contributed by atoms with Crippen molar-refractivity contribution in [3.05, 3.63) is 29.8 Å². The second-order valence-corrected chi connectivity index (χ2v) is 4.05. The second-order valence-electron chi connectivity index (χ2n) is 4.05. The molecule has 0 aliphatic heterocycles. The number of ether oxygens (including phenoxy) is 1. The molecule has 0 aliphatic carbocycles. The Morgan fingerprint density at radius 1 is 1.41 bits per heavy atom. The van der Waals surface area contributed by atoms with Crippen LogP contribution in [0, 0.1) is 17.2 Å². The van der Waals surface area contributed by atoms with E-state index in [2.05, 4.69) is 11.4 Å². The molecule has 1 aromatic rings. The SMILES string of the molecule is COC(=O)C(Nc1ccccc1C#N)C(C)C. The maximum Gasteiger partial charge on any atom is 0.328 e. The standard InChI is InChI=1S/C13H16N2O2/c1-9(2)12(13(16)17-3)15-11-7-5-4-6-10(11)8-14/h4-7,9,12,15H,1-3H3. The van der Waals surface area contributed by atoms with Crippen molar-refractivity contribution in [2.75, 3.05) is 12.4 Å². The first-order chi connectivity index (χ1) is 8.10. The highest BCUT2D eigenvalue weighted by Crippen LogP contribution is 2.18. The van der Waals surface area contributed by atoms with Crippen molar-refractivity contribution in [2.45, 2.75) is 19.9 Å². The molecule has 90 valence electrons. The van der Waals surface area contributed by atoms with Crippen molar-refractivity contribution in [3.63, 3.8) is 0 Å². The smallest absolute Gasteiger partial charge is 0.328 e. The fourth-order valence-corrected chi connectivity index (χ4v) is 1.50. The van der Waals surface area contributed by atoms with E-state index in [0.29, 0.717) is 11.3 Å². The second kappa shape index (κ2) is 5.90. The van der Waals surface area contributed by atoms with Gasteiger partial charge in [0.25, 0.3) is 0 Å². The van der Waals surface area contributed by atoms with Crippen LogP contribution < -0.4 is 5.32 Å². The zero-order valence-corrected chi connectivity index (χ0v) is 10.2. The number of nitrogens with zero attached hydrogens (tertiary/aromatic N) is 1. The van der Waals surface area contributed by atoms with Crippen molar-refractivity contribution in [2.24, 2.45) is 5.92 Å². The van der Waals surface area contributed by atoms with Crippen LogP contribution in [-0.4, -0.2) is 19.1 Å². The third-order valence-electron chi connectivity index (χ3n) is 2.48. The zero-order valence-electron chi connectivity index (χ0n) is 10.2. The Hall–Kier alpha value is -2.02. The minimum atomic E-state index is -0.450. The topological polar surface area (TPSA) is 62.1 Å². The number of carbonyl (C=O) groups excluding carboxylic acids is 1. The first-order valence-corrected chi connectivity index (χ1v) is 5.43. The first kappa shape index (κ1) is 13.0. The fraction of sp³-hybridized carbons (Fsp3) is 0.385. The summed E-state index contributed by atoms with van der Waals surface area (Å²) in [6.07, 6.45) is 0. The highest BCUT2D eigenvalue weighted by atomic mass is 16.5. The van der Waals surface area contributed by atoms with E-state index in [1.54, 1.807) is 18.2 Å². The van der Waals surface area contributed by atoms with Crippen LogP contribution in [0.25, 0.3) is 0 Å². The Kier molecular flexibility index (Phi) is 4.53. The Balaban J connectivity index is 2.94. The van der Waals surface area contributed by atoms with Crippen LogP contribution in [0.2, 0.25) is 0 Å². The van der Waals surface area contributed by atoms with Crippen LogP contribution in [-0.2, 0) is 9.53 Å². The van der Waals surface area contributed by atoms with E-state index < -0.39 is 6.04 Å². The Bertz CT molecular complexity index is 435. The molecule has 4 heteroatoms. The van der Waals surface area contributed by atoms with Gasteiger partial charge in [-0.25, -0.2) is 4.79 Å². The summed E-state index contributed by atoms with van der Waals surface area (Å²) < 4.78 is 4.74. The van der Waals surface area contributed by atoms with Gasteiger partial charge in [-0.05, 0) is 18.1 Å². The predicted octanol–water partition coefficient (Wildman–Crippen LogP) is 2.17. The average Bonchev–Trinajstić information content (AvgIpc) is 2.35. The quantitative estimate of drug-likeness (QED) is 0.808. The van der Waals surface area contributed by atoms with Gasteiger partial charge in [-0.3, -0.25) is 0 Å². The van der Waals surface area contributed by atoms with E-state index in [9.17, 15) is 4.79 Å². The largest absolute Gasteiger partial charge is 0.467 e. The third-order valence-corrected chi connectivity index (χ3v) is 2.48. The molecule has 17 heavy (non-hydrogen) atoms. The molecular formula is C13H16N2O2. The van der Waals surface area contributed by atoms with Gasteiger partial charge in [0, 0.05) is 0 Å². The number of benzene rings is 1. The number of anilines is 1. The van der Waals surface area contributed by atoms with E-state index >= 15 is 0 Å².